The fourth-order valence-corrected chi connectivity index (χ4v) is 7.20. The summed E-state index contributed by atoms with van der Waals surface area (Å²) in [5.74, 6) is 0. The summed E-state index contributed by atoms with van der Waals surface area (Å²) in [5, 5.41) is 0.569. The van der Waals surface area contributed by atoms with Gasteiger partial charge in [-0.3, -0.25) is 0 Å². The highest BCUT2D eigenvalue weighted by molar-refractivity contribution is 7.54. The van der Waals surface area contributed by atoms with E-state index in [1.54, 1.807) is 0 Å². The lowest BCUT2D eigenvalue weighted by molar-refractivity contribution is 0.497. The van der Waals surface area contributed by atoms with Crippen molar-refractivity contribution in [2.45, 2.75) is 105 Å². The highest BCUT2D eigenvalue weighted by atomic mass is 31.2. The Kier molecular flexibility index (Phi) is 8.96. The van der Waals surface area contributed by atoms with E-state index >= 15 is 0 Å². The molecule has 0 saturated heterocycles. The number of rotatable bonds is 4. The van der Waals surface area contributed by atoms with Gasteiger partial charge in [-0.25, -0.2) is 0 Å². The van der Waals surface area contributed by atoms with Crippen molar-refractivity contribution in [1.29, 1.82) is 0 Å². The minimum Gasteiger partial charge on any atom is -0.347 e. The molecule has 0 aromatic heterocycles. The lowest BCUT2D eigenvalue weighted by Gasteiger charge is -2.35. The van der Waals surface area contributed by atoms with Crippen LogP contribution < -0.4 is 5.30 Å². The van der Waals surface area contributed by atoms with Crippen molar-refractivity contribution in [2.75, 3.05) is 0 Å². The first kappa shape index (κ1) is 33.1. The first-order chi connectivity index (χ1) is 19.7. The second kappa shape index (κ2) is 11.6. The fraction of sp³-hybridized carbons (Fsp3) is 0.400. The van der Waals surface area contributed by atoms with Crippen molar-refractivity contribution in [2.24, 2.45) is 0 Å². The van der Waals surface area contributed by atoms with Gasteiger partial charge in [0.25, 0.3) is 0 Å². The SMILES string of the molecule is CC(C)(C)c1cccc(-c2cccc(-c3ccccc3P(O)O)c2-c2cccc(C(C)(C)C)c2C(C)(C)C)c1C(C)(C)C. The Labute approximate surface area is 262 Å². The Balaban J connectivity index is 2.30. The molecule has 0 heterocycles. The summed E-state index contributed by atoms with van der Waals surface area (Å²) in [6.45, 7) is 27.6. The summed E-state index contributed by atoms with van der Waals surface area (Å²) in [6, 6.07) is 27.8. The van der Waals surface area contributed by atoms with Crippen molar-refractivity contribution < 1.29 is 9.79 Å². The second-order valence-corrected chi connectivity index (χ2v) is 17.1. The zero-order valence-corrected chi connectivity index (χ0v) is 29.2. The minimum absolute atomic E-state index is 0.0324. The van der Waals surface area contributed by atoms with Crippen LogP contribution in [0.15, 0.2) is 78.9 Å². The number of hydrogen-bond acceptors (Lipinski definition) is 2. The minimum atomic E-state index is -2.29. The topological polar surface area (TPSA) is 40.5 Å². The molecule has 0 aliphatic rings. The third kappa shape index (κ3) is 6.68. The average molecular weight is 595 g/mol. The van der Waals surface area contributed by atoms with Gasteiger partial charge in [-0.15, -0.1) is 0 Å². The predicted octanol–water partition coefficient (Wildman–Crippen LogP) is 10.8. The van der Waals surface area contributed by atoms with E-state index in [1.807, 2.05) is 24.3 Å². The molecule has 0 aliphatic carbocycles. The summed E-state index contributed by atoms with van der Waals surface area (Å²) in [4.78, 5) is 21.1. The van der Waals surface area contributed by atoms with E-state index in [2.05, 4.69) is 138 Å². The maximum absolute atomic E-state index is 10.5. The predicted molar refractivity (Wildman–Crippen MR) is 189 cm³/mol. The molecule has 2 nitrogen and oxygen atoms in total. The third-order valence-corrected chi connectivity index (χ3v) is 9.10. The lowest BCUT2D eigenvalue weighted by Crippen LogP contribution is -2.24. The molecule has 43 heavy (non-hydrogen) atoms. The molecule has 0 spiro atoms. The van der Waals surface area contributed by atoms with Crippen LogP contribution in [0, 0.1) is 0 Å². The molecule has 0 aliphatic heterocycles. The molecule has 4 rings (SSSR count). The largest absolute Gasteiger partial charge is 0.347 e. The molecular formula is C40H51O2P. The summed E-state index contributed by atoms with van der Waals surface area (Å²) in [6.07, 6.45) is 0. The van der Waals surface area contributed by atoms with E-state index in [9.17, 15) is 9.79 Å². The Morgan fingerprint density at radius 3 is 1.23 bits per heavy atom. The van der Waals surface area contributed by atoms with Gasteiger partial charge in [-0.05, 0) is 83.4 Å². The van der Waals surface area contributed by atoms with Crippen LogP contribution in [-0.4, -0.2) is 9.79 Å². The summed E-state index contributed by atoms with van der Waals surface area (Å²) < 4.78 is 0. The van der Waals surface area contributed by atoms with Gasteiger partial charge < -0.3 is 9.79 Å². The maximum Gasteiger partial charge on any atom is 0.200 e. The second-order valence-electron chi connectivity index (χ2n) is 16.0. The van der Waals surface area contributed by atoms with Crippen LogP contribution in [0.1, 0.15) is 105 Å². The van der Waals surface area contributed by atoms with Crippen LogP contribution in [0.3, 0.4) is 0 Å². The fourth-order valence-electron chi connectivity index (χ4n) is 6.57. The van der Waals surface area contributed by atoms with Crippen molar-refractivity contribution >= 4 is 13.7 Å². The highest BCUT2D eigenvalue weighted by Crippen LogP contribution is 2.50. The van der Waals surface area contributed by atoms with E-state index in [-0.39, 0.29) is 21.7 Å². The first-order valence-electron chi connectivity index (χ1n) is 15.4. The molecule has 0 atom stereocenters. The van der Waals surface area contributed by atoms with Crippen molar-refractivity contribution in [3.8, 4) is 33.4 Å². The maximum atomic E-state index is 10.5. The van der Waals surface area contributed by atoms with Crippen molar-refractivity contribution in [3.63, 3.8) is 0 Å². The van der Waals surface area contributed by atoms with Crippen LogP contribution in [0.5, 0.6) is 0 Å². The zero-order valence-electron chi connectivity index (χ0n) is 28.3. The molecule has 3 heteroatoms. The summed E-state index contributed by atoms with van der Waals surface area (Å²) >= 11 is 0. The van der Waals surface area contributed by atoms with Gasteiger partial charge in [0.15, 0.2) is 8.38 Å². The first-order valence-corrected chi connectivity index (χ1v) is 16.7. The molecule has 4 aromatic rings. The normalized spacial score (nSPS) is 13.1. The van der Waals surface area contributed by atoms with E-state index in [1.165, 1.54) is 38.9 Å². The third-order valence-electron chi connectivity index (χ3n) is 8.28. The molecule has 0 radical (unpaired) electrons. The van der Waals surface area contributed by atoms with Gasteiger partial charge in [-0.1, -0.05) is 156 Å². The Bertz CT molecular complexity index is 1620. The molecule has 228 valence electrons. The van der Waals surface area contributed by atoms with E-state index in [0.717, 1.165) is 16.7 Å². The average Bonchev–Trinajstić information content (AvgIpc) is 2.89. The standard InChI is InChI=1S/C40H51O2P/c1-37(2,3)31-23-16-21-29(35(31)39(7,8)9)28-20-15-19-27(26-18-13-14-25-33(26)43(41)42)34(28)30-22-17-24-32(38(4,5)6)36(30)40(10,11)12/h13-25,41-42H,1-12H3. The van der Waals surface area contributed by atoms with Crippen molar-refractivity contribution in [1.82, 2.24) is 0 Å². The van der Waals surface area contributed by atoms with Crippen LogP contribution >= 0.6 is 8.38 Å². The molecule has 0 unspecified atom stereocenters. The van der Waals surface area contributed by atoms with E-state index < -0.39 is 8.38 Å². The molecule has 2 N–H and O–H groups in total. The molecule has 4 aromatic carbocycles. The molecule has 0 saturated carbocycles. The van der Waals surface area contributed by atoms with Crippen LogP contribution in [0.4, 0.5) is 0 Å². The zero-order chi connectivity index (χ0) is 32.1. The van der Waals surface area contributed by atoms with Crippen LogP contribution in [-0.2, 0) is 21.7 Å². The molecule has 0 amide bonds. The molecular weight excluding hydrogens is 543 g/mol. The van der Waals surface area contributed by atoms with E-state index in [4.69, 9.17) is 0 Å². The van der Waals surface area contributed by atoms with Crippen molar-refractivity contribution in [3.05, 3.63) is 101 Å². The van der Waals surface area contributed by atoms with Gasteiger partial charge in [0.1, 0.15) is 0 Å². The van der Waals surface area contributed by atoms with Crippen LogP contribution in [0.2, 0.25) is 0 Å². The molecule has 0 fully saturated rings. The monoisotopic (exact) mass is 594 g/mol. The Morgan fingerprint density at radius 2 is 0.767 bits per heavy atom. The quantitative estimate of drug-likeness (QED) is 0.231. The van der Waals surface area contributed by atoms with Crippen LogP contribution in [0.25, 0.3) is 33.4 Å². The lowest BCUT2D eigenvalue weighted by atomic mass is 9.69. The number of hydrogen-bond donors (Lipinski definition) is 2. The van der Waals surface area contributed by atoms with E-state index in [0.29, 0.717) is 5.30 Å². The van der Waals surface area contributed by atoms with Gasteiger partial charge in [0.05, 0.1) is 0 Å². The summed E-state index contributed by atoms with van der Waals surface area (Å²) in [7, 11) is -2.29. The number of benzene rings is 4. The Hall–Kier alpha value is -2.77. The smallest absolute Gasteiger partial charge is 0.200 e. The molecule has 0 bridgehead atoms. The van der Waals surface area contributed by atoms with Gasteiger partial charge >= 0.3 is 0 Å². The summed E-state index contributed by atoms with van der Waals surface area (Å²) in [5.41, 5.74) is 11.6. The van der Waals surface area contributed by atoms with Gasteiger partial charge in [0.2, 0.25) is 0 Å². The van der Waals surface area contributed by atoms with Gasteiger partial charge in [-0.2, -0.15) is 0 Å². The van der Waals surface area contributed by atoms with Gasteiger partial charge in [0, 0.05) is 5.30 Å². The Morgan fingerprint density at radius 1 is 0.395 bits per heavy atom. The highest BCUT2D eigenvalue weighted by Gasteiger charge is 2.33.